The van der Waals surface area contributed by atoms with Gasteiger partial charge in [-0.3, -0.25) is 4.72 Å². The number of aromatic nitrogens is 3. The van der Waals surface area contributed by atoms with E-state index in [4.69, 9.17) is 9.47 Å². The summed E-state index contributed by atoms with van der Waals surface area (Å²) < 4.78 is 55.0. The second kappa shape index (κ2) is 9.82. The zero-order valence-electron chi connectivity index (χ0n) is 18.2. The minimum atomic E-state index is -3.96. The van der Waals surface area contributed by atoms with E-state index in [-0.39, 0.29) is 22.5 Å². The van der Waals surface area contributed by atoms with E-state index in [1.165, 1.54) is 30.0 Å². The van der Waals surface area contributed by atoms with Crippen LogP contribution in [0.1, 0.15) is 6.92 Å². The zero-order chi connectivity index (χ0) is 24.3. The Labute approximate surface area is 204 Å². The largest absolute Gasteiger partial charge is 0.495 e. The van der Waals surface area contributed by atoms with Gasteiger partial charge in [0.2, 0.25) is 0 Å². The molecule has 34 heavy (non-hydrogen) atoms. The number of methoxy groups -OCH3 is 1. The molecule has 1 aromatic heterocycles. The molecule has 0 aliphatic carbocycles. The molecule has 8 nitrogen and oxygen atoms in total. The van der Waals surface area contributed by atoms with E-state index in [2.05, 4.69) is 30.7 Å². The number of halogens is 2. The molecule has 0 aliphatic rings. The van der Waals surface area contributed by atoms with Gasteiger partial charge in [-0.05, 0) is 67.6 Å². The third kappa shape index (κ3) is 5.05. The van der Waals surface area contributed by atoms with Crippen LogP contribution in [0.3, 0.4) is 0 Å². The van der Waals surface area contributed by atoms with Gasteiger partial charge in [-0.15, -0.1) is 5.10 Å². The van der Waals surface area contributed by atoms with Crippen LogP contribution in [0.5, 0.6) is 11.8 Å². The van der Waals surface area contributed by atoms with Gasteiger partial charge in [0, 0.05) is 10.0 Å². The first kappa shape index (κ1) is 23.7. The molecule has 11 heteroatoms. The number of hydrogen-bond donors (Lipinski definition) is 1. The number of anilines is 1. The Hall–Kier alpha value is -3.44. The van der Waals surface area contributed by atoms with E-state index in [9.17, 15) is 12.8 Å². The highest BCUT2D eigenvalue weighted by Crippen LogP contribution is 2.30. The molecule has 0 aliphatic heterocycles. The highest BCUT2D eigenvalue weighted by Gasteiger charge is 2.21. The van der Waals surface area contributed by atoms with Crippen LogP contribution in [0.2, 0.25) is 0 Å². The van der Waals surface area contributed by atoms with E-state index >= 15 is 0 Å². The van der Waals surface area contributed by atoms with Crippen molar-refractivity contribution in [3.05, 3.63) is 77.0 Å². The number of nitrogens with zero attached hydrogens (tertiary/aromatic N) is 3. The van der Waals surface area contributed by atoms with Crippen molar-refractivity contribution in [1.82, 2.24) is 14.8 Å². The number of benzene rings is 3. The number of hydrogen-bond acceptors (Lipinski definition) is 6. The lowest BCUT2D eigenvalue weighted by Gasteiger charge is -2.13. The summed E-state index contributed by atoms with van der Waals surface area (Å²) >= 11 is 3.29. The molecule has 0 amide bonds. The molecule has 0 spiro atoms. The van der Waals surface area contributed by atoms with Gasteiger partial charge in [0.05, 0.1) is 25.1 Å². The van der Waals surface area contributed by atoms with Gasteiger partial charge in [-0.2, -0.15) is 4.98 Å². The summed E-state index contributed by atoms with van der Waals surface area (Å²) in [6.07, 6.45) is 0. The van der Waals surface area contributed by atoms with Crippen molar-refractivity contribution in [1.29, 1.82) is 0 Å². The fourth-order valence-electron chi connectivity index (χ4n) is 3.22. The average Bonchev–Trinajstić information content (AvgIpc) is 3.23. The number of sulfonamides is 1. The van der Waals surface area contributed by atoms with Crippen molar-refractivity contribution in [3.63, 3.8) is 0 Å². The zero-order valence-corrected chi connectivity index (χ0v) is 20.6. The molecule has 1 heterocycles. The van der Waals surface area contributed by atoms with E-state index in [0.717, 1.165) is 0 Å². The van der Waals surface area contributed by atoms with Gasteiger partial charge in [-0.1, -0.05) is 22.0 Å². The van der Waals surface area contributed by atoms with Crippen LogP contribution in [-0.2, 0) is 10.0 Å². The molecule has 4 aromatic rings. The van der Waals surface area contributed by atoms with E-state index < -0.39 is 10.0 Å². The van der Waals surface area contributed by atoms with Crippen LogP contribution in [0.25, 0.3) is 17.1 Å². The predicted octanol–water partition coefficient (Wildman–Crippen LogP) is 5.04. The number of nitrogens with one attached hydrogen (secondary N) is 1. The maximum Gasteiger partial charge on any atom is 0.336 e. The van der Waals surface area contributed by atoms with Gasteiger partial charge in [-0.25, -0.2) is 17.5 Å². The van der Waals surface area contributed by atoms with Crippen molar-refractivity contribution in [2.45, 2.75) is 11.8 Å². The maximum absolute atomic E-state index is 13.4. The molecule has 0 bridgehead atoms. The van der Waals surface area contributed by atoms with Crippen molar-refractivity contribution < 1.29 is 22.3 Å². The Morgan fingerprint density at radius 1 is 1.09 bits per heavy atom. The summed E-state index contributed by atoms with van der Waals surface area (Å²) in [5.74, 6) is 0.249. The van der Waals surface area contributed by atoms with E-state index in [1.807, 2.05) is 6.92 Å². The second-order valence-electron chi connectivity index (χ2n) is 7.02. The van der Waals surface area contributed by atoms with Crippen LogP contribution >= 0.6 is 15.9 Å². The quantitative estimate of drug-likeness (QED) is 0.332. The monoisotopic (exact) mass is 546 g/mol. The maximum atomic E-state index is 13.4. The minimum absolute atomic E-state index is 0.0128. The summed E-state index contributed by atoms with van der Waals surface area (Å²) in [7, 11) is -2.56. The lowest BCUT2D eigenvalue weighted by Crippen LogP contribution is -2.14. The normalized spacial score (nSPS) is 11.3. The van der Waals surface area contributed by atoms with Crippen molar-refractivity contribution in [2.75, 3.05) is 18.4 Å². The molecule has 3 aromatic carbocycles. The molecule has 0 saturated heterocycles. The van der Waals surface area contributed by atoms with Crippen LogP contribution in [-0.4, -0.2) is 36.9 Å². The topological polar surface area (TPSA) is 95.3 Å². The van der Waals surface area contributed by atoms with Gasteiger partial charge in [0.15, 0.2) is 5.82 Å². The number of rotatable bonds is 8. The highest BCUT2D eigenvalue weighted by atomic mass is 79.9. The lowest BCUT2D eigenvalue weighted by atomic mass is 10.2. The first-order valence-electron chi connectivity index (χ1n) is 10.1. The molecule has 0 saturated carbocycles. The molecule has 176 valence electrons. The Bertz CT molecular complexity index is 1430. The Kier molecular flexibility index (Phi) is 6.85. The Morgan fingerprint density at radius 2 is 1.85 bits per heavy atom. The Morgan fingerprint density at radius 3 is 2.56 bits per heavy atom. The molecule has 0 fully saturated rings. The van der Waals surface area contributed by atoms with Crippen molar-refractivity contribution in [2.24, 2.45) is 0 Å². The second-order valence-corrected chi connectivity index (χ2v) is 9.59. The summed E-state index contributed by atoms with van der Waals surface area (Å²) in [6.45, 7) is 2.17. The smallest absolute Gasteiger partial charge is 0.336 e. The van der Waals surface area contributed by atoms with Crippen LogP contribution in [0.15, 0.2) is 76.1 Å². The molecule has 0 unspecified atom stereocenters. The fraction of sp³-hybridized carbons (Fsp3) is 0.130. The molecule has 0 radical (unpaired) electrons. The van der Waals surface area contributed by atoms with Gasteiger partial charge >= 0.3 is 6.01 Å². The summed E-state index contributed by atoms with van der Waals surface area (Å²) in [5, 5.41) is 4.39. The molecular formula is C23H20BrFN4O4S. The molecule has 4 rings (SSSR count). The highest BCUT2D eigenvalue weighted by molar-refractivity contribution is 9.10. The third-order valence-corrected chi connectivity index (χ3v) is 6.62. The lowest BCUT2D eigenvalue weighted by molar-refractivity contribution is 0.312. The number of ether oxygens (including phenoxy) is 2. The van der Waals surface area contributed by atoms with Crippen molar-refractivity contribution in [3.8, 4) is 28.8 Å². The van der Waals surface area contributed by atoms with E-state index in [0.29, 0.717) is 33.8 Å². The molecule has 0 atom stereocenters. The first-order valence-corrected chi connectivity index (χ1v) is 12.4. The van der Waals surface area contributed by atoms with Gasteiger partial charge < -0.3 is 9.47 Å². The third-order valence-electron chi connectivity index (χ3n) is 4.72. The Balaban J connectivity index is 1.73. The van der Waals surface area contributed by atoms with Gasteiger partial charge in [0.1, 0.15) is 16.5 Å². The van der Waals surface area contributed by atoms with Gasteiger partial charge in [0.25, 0.3) is 10.0 Å². The van der Waals surface area contributed by atoms with Crippen molar-refractivity contribution >= 4 is 31.6 Å². The minimum Gasteiger partial charge on any atom is -0.495 e. The molecule has 1 N–H and O–H groups in total. The molecular weight excluding hydrogens is 527 g/mol. The van der Waals surface area contributed by atoms with Crippen LogP contribution < -0.4 is 14.2 Å². The summed E-state index contributed by atoms with van der Waals surface area (Å²) in [6, 6.07) is 17.3. The fourth-order valence-corrected chi connectivity index (χ4v) is 4.98. The van der Waals surface area contributed by atoms with Crippen LogP contribution in [0, 0.1) is 5.82 Å². The summed E-state index contributed by atoms with van der Waals surface area (Å²) in [5.41, 5.74) is 1.45. The first-order chi connectivity index (χ1) is 16.3. The van der Waals surface area contributed by atoms with E-state index in [1.54, 1.807) is 48.5 Å². The standard InChI is InChI=1S/C23H20BrFN4O4S/c1-3-33-23-26-22(15-7-10-17(25)11-8-15)29(27-23)19-6-4-5-18(14-19)28-34(30,31)21-13-16(24)9-12-20(21)32-2/h4-14,28H,3H2,1-2H3. The van der Waals surface area contributed by atoms with Crippen LogP contribution in [0.4, 0.5) is 10.1 Å². The SMILES string of the molecule is CCOc1nc(-c2ccc(F)cc2)n(-c2cccc(NS(=O)(=O)c3cc(Br)ccc3OC)c2)n1. The average molecular weight is 547 g/mol. The summed E-state index contributed by atoms with van der Waals surface area (Å²) in [4.78, 5) is 4.39. The predicted molar refractivity (Wildman–Crippen MR) is 129 cm³/mol.